The maximum atomic E-state index is 5.55. The molecule has 0 aliphatic carbocycles. The fourth-order valence-electron chi connectivity index (χ4n) is 1.26. The van der Waals surface area contributed by atoms with Crippen LogP contribution in [0.4, 0.5) is 5.13 Å². The molecule has 0 spiro atoms. The van der Waals surface area contributed by atoms with Crippen LogP contribution in [0.2, 0.25) is 0 Å². The third kappa shape index (κ3) is 2.94. The Hall–Kier alpha value is -1.62. The molecule has 17 heavy (non-hydrogen) atoms. The van der Waals surface area contributed by atoms with Crippen molar-refractivity contribution >= 4 is 28.6 Å². The second kappa shape index (κ2) is 4.33. The Morgan fingerprint density at radius 2 is 1.94 bits per heavy atom. The maximum Gasteiger partial charge on any atom is 0.199 e. The number of hydrogen-bond donors (Lipinski definition) is 1. The molecule has 2 aromatic heterocycles. The monoisotopic (exact) mass is 249 g/mol. The summed E-state index contributed by atoms with van der Waals surface area (Å²) in [7, 11) is 0. The number of oxazole rings is 1. The van der Waals surface area contributed by atoms with E-state index in [4.69, 9.17) is 10.2 Å². The SMILES string of the molecule is CC(C)(C)c1nc(C=Cc2csc(N)n2)co1. The van der Waals surface area contributed by atoms with E-state index in [0.717, 1.165) is 17.3 Å². The molecule has 0 unspecified atom stereocenters. The molecule has 4 nitrogen and oxygen atoms in total. The topological polar surface area (TPSA) is 64.9 Å². The highest BCUT2D eigenvalue weighted by Gasteiger charge is 2.19. The van der Waals surface area contributed by atoms with Crippen LogP contribution in [0, 0.1) is 0 Å². The molecule has 2 N–H and O–H groups in total. The van der Waals surface area contributed by atoms with E-state index in [9.17, 15) is 0 Å². The van der Waals surface area contributed by atoms with Gasteiger partial charge in [-0.3, -0.25) is 0 Å². The smallest absolute Gasteiger partial charge is 0.199 e. The van der Waals surface area contributed by atoms with Crippen molar-refractivity contribution < 1.29 is 4.42 Å². The Kier molecular flexibility index (Phi) is 3.02. The summed E-state index contributed by atoms with van der Waals surface area (Å²) < 4.78 is 5.42. The van der Waals surface area contributed by atoms with Crippen molar-refractivity contribution in [3.8, 4) is 0 Å². The molecule has 0 atom stereocenters. The lowest BCUT2D eigenvalue weighted by atomic mass is 9.97. The Labute approximate surface area is 104 Å². The van der Waals surface area contributed by atoms with Gasteiger partial charge in [0.1, 0.15) is 12.0 Å². The number of nitrogens with two attached hydrogens (primary N) is 1. The number of rotatable bonds is 2. The third-order valence-electron chi connectivity index (χ3n) is 2.13. The van der Waals surface area contributed by atoms with Gasteiger partial charge in [0, 0.05) is 10.8 Å². The molecular weight excluding hydrogens is 234 g/mol. The summed E-state index contributed by atoms with van der Waals surface area (Å²) in [6.45, 7) is 6.19. The first kappa shape index (κ1) is 11.9. The van der Waals surface area contributed by atoms with Crippen molar-refractivity contribution in [2.75, 3.05) is 5.73 Å². The van der Waals surface area contributed by atoms with Gasteiger partial charge in [0.05, 0.1) is 5.69 Å². The van der Waals surface area contributed by atoms with Crippen molar-refractivity contribution in [2.45, 2.75) is 26.2 Å². The Morgan fingerprint density at radius 1 is 1.24 bits per heavy atom. The van der Waals surface area contributed by atoms with Crippen LogP contribution >= 0.6 is 11.3 Å². The van der Waals surface area contributed by atoms with E-state index in [-0.39, 0.29) is 5.41 Å². The third-order valence-corrected chi connectivity index (χ3v) is 2.82. The minimum absolute atomic E-state index is 0.0723. The molecule has 2 aromatic rings. The van der Waals surface area contributed by atoms with Crippen LogP contribution in [-0.2, 0) is 5.41 Å². The number of nitrogens with zero attached hydrogens (tertiary/aromatic N) is 2. The summed E-state index contributed by atoms with van der Waals surface area (Å²) in [5.74, 6) is 0.731. The minimum atomic E-state index is -0.0723. The lowest BCUT2D eigenvalue weighted by Crippen LogP contribution is -2.11. The number of hydrogen-bond acceptors (Lipinski definition) is 5. The van der Waals surface area contributed by atoms with Crippen LogP contribution in [0.5, 0.6) is 0 Å². The highest BCUT2D eigenvalue weighted by atomic mass is 32.1. The summed E-state index contributed by atoms with van der Waals surface area (Å²) in [6, 6.07) is 0. The first-order chi connectivity index (χ1) is 7.95. The average molecular weight is 249 g/mol. The van der Waals surface area contributed by atoms with E-state index in [0.29, 0.717) is 5.13 Å². The zero-order chi connectivity index (χ0) is 12.5. The Bertz CT molecular complexity index is 534. The fourth-order valence-corrected chi connectivity index (χ4v) is 1.79. The second-order valence-electron chi connectivity index (χ2n) is 4.77. The van der Waals surface area contributed by atoms with Crippen LogP contribution in [-0.4, -0.2) is 9.97 Å². The van der Waals surface area contributed by atoms with Gasteiger partial charge < -0.3 is 10.2 Å². The number of thiazole rings is 1. The molecule has 0 bridgehead atoms. The van der Waals surface area contributed by atoms with Crippen molar-refractivity contribution in [3.63, 3.8) is 0 Å². The van der Waals surface area contributed by atoms with Crippen LogP contribution in [0.1, 0.15) is 38.0 Å². The summed E-state index contributed by atoms with van der Waals surface area (Å²) >= 11 is 1.42. The van der Waals surface area contributed by atoms with E-state index in [1.54, 1.807) is 6.26 Å². The van der Waals surface area contributed by atoms with Crippen molar-refractivity contribution in [1.82, 2.24) is 9.97 Å². The lowest BCUT2D eigenvalue weighted by Gasteiger charge is -2.11. The first-order valence-electron chi connectivity index (χ1n) is 5.30. The zero-order valence-electron chi connectivity index (χ0n) is 10.1. The molecule has 2 heterocycles. The average Bonchev–Trinajstić information content (AvgIpc) is 2.82. The van der Waals surface area contributed by atoms with E-state index < -0.39 is 0 Å². The zero-order valence-corrected chi connectivity index (χ0v) is 10.9. The standard InChI is InChI=1S/C12H15N3OS/c1-12(2,3)10-14-8(6-16-10)4-5-9-7-17-11(13)15-9/h4-7H,1-3H3,(H2,13,15). The molecule has 0 aromatic carbocycles. The predicted octanol–water partition coefficient (Wildman–Crippen LogP) is 3.18. The maximum absolute atomic E-state index is 5.55. The number of aromatic nitrogens is 2. The van der Waals surface area contributed by atoms with Gasteiger partial charge in [0.15, 0.2) is 11.0 Å². The largest absolute Gasteiger partial charge is 0.448 e. The molecule has 0 amide bonds. The molecular formula is C12H15N3OS. The molecule has 90 valence electrons. The molecule has 0 aliphatic heterocycles. The van der Waals surface area contributed by atoms with Crippen molar-refractivity contribution in [3.05, 3.63) is 28.9 Å². The lowest BCUT2D eigenvalue weighted by molar-refractivity contribution is 0.392. The molecule has 0 aliphatic rings. The van der Waals surface area contributed by atoms with Gasteiger partial charge in [-0.2, -0.15) is 0 Å². The normalized spacial score (nSPS) is 12.4. The number of anilines is 1. The molecule has 0 radical (unpaired) electrons. The fraction of sp³-hybridized carbons (Fsp3) is 0.333. The molecule has 0 saturated carbocycles. The summed E-state index contributed by atoms with van der Waals surface area (Å²) in [5.41, 5.74) is 7.11. The van der Waals surface area contributed by atoms with Crippen LogP contribution in [0.15, 0.2) is 16.1 Å². The van der Waals surface area contributed by atoms with Gasteiger partial charge in [-0.15, -0.1) is 11.3 Å². The quantitative estimate of drug-likeness (QED) is 0.887. The summed E-state index contributed by atoms with van der Waals surface area (Å²) in [6.07, 6.45) is 5.39. The Morgan fingerprint density at radius 3 is 2.47 bits per heavy atom. The van der Waals surface area contributed by atoms with Crippen LogP contribution < -0.4 is 5.73 Å². The van der Waals surface area contributed by atoms with Gasteiger partial charge >= 0.3 is 0 Å². The predicted molar refractivity (Wildman–Crippen MR) is 70.7 cm³/mol. The molecule has 0 fully saturated rings. The van der Waals surface area contributed by atoms with E-state index >= 15 is 0 Å². The molecule has 0 saturated heterocycles. The number of nitrogen functional groups attached to an aromatic ring is 1. The molecule has 2 rings (SSSR count). The minimum Gasteiger partial charge on any atom is -0.448 e. The van der Waals surface area contributed by atoms with Crippen LogP contribution in [0.25, 0.3) is 12.2 Å². The van der Waals surface area contributed by atoms with Gasteiger partial charge in [0.25, 0.3) is 0 Å². The molecule has 5 heteroatoms. The van der Waals surface area contributed by atoms with Gasteiger partial charge in [-0.1, -0.05) is 20.8 Å². The van der Waals surface area contributed by atoms with Crippen LogP contribution in [0.3, 0.4) is 0 Å². The second-order valence-corrected chi connectivity index (χ2v) is 5.66. The van der Waals surface area contributed by atoms with Gasteiger partial charge in [-0.25, -0.2) is 9.97 Å². The van der Waals surface area contributed by atoms with E-state index in [2.05, 4.69) is 30.7 Å². The highest BCUT2D eigenvalue weighted by molar-refractivity contribution is 7.13. The summed E-state index contributed by atoms with van der Waals surface area (Å²) in [4.78, 5) is 8.53. The Balaban J connectivity index is 2.14. The van der Waals surface area contributed by atoms with Gasteiger partial charge in [-0.05, 0) is 12.2 Å². The summed E-state index contributed by atoms with van der Waals surface area (Å²) in [5, 5.41) is 2.47. The van der Waals surface area contributed by atoms with E-state index in [1.807, 2.05) is 17.5 Å². The van der Waals surface area contributed by atoms with Crippen molar-refractivity contribution in [1.29, 1.82) is 0 Å². The highest BCUT2D eigenvalue weighted by Crippen LogP contribution is 2.22. The van der Waals surface area contributed by atoms with E-state index in [1.165, 1.54) is 11.3 Å². The van der Waals surface area contributed by atoms with Crippen molar-refractivity contribution in [2.24, 2.45) is 0 Å². The van der Waals surface area contributed by atoms with Gasteiger partial charge in [0.2, 0.25) is 0 Å². The first-order valence-corrected chi connectivity index (χ1v) is 6.18.